The second-order valence-electron chi connectivity index (χ2n) is 4.67. The van der Waals surface area contributed by atoms with E-state index in [9.17, 15) is 4.79 Å². The fourth-order valence-electron chi connectivity index (χ4n) is 2.22. The second-order valence-corrected chi connectivity index (χ2v) is 5.11. The summed E-state index contributed by atoms with van der Waals surface area (Å²) in [6.07, 6.45) is 4.27. The minimum atomic E-state index is -0.0966. The van der Waals surface area contributed by atoms with Crippen LogP contribution in [0.3, 0.4) is 0 Å². The van der Waals surface area contributed by atoms with Crippen molar-refractivity contribution in [3.63, 3.8) is 0 Å². The first-order valence-electron chi connectivity index (χ1n) is 5.94. The molecule has 0 heterocycles. The Morgan fingerprint density at radius 1 is 1.53 bits per heavy atom. The third-order valence-corrected chi connectivity index (χ3v) is 3.86. The summed E-state index contributed by atoms with van der Waals surface area (Å²) in [6.45, 7) is 2.10. The molecule has 0 spiro atoms. The van der Waals surface area contributed by atoms with Crippen LogP contribution in [0.25, 0.3) is 0 Å². The lowest BCUT2D eigenvalue weighted by molar-refractivity contribution is 0.0821. The number of halogens is 1. The molecule has 3 N–H and O–H groups in total. The molecule has 0 unspecified atom stereocenters. The molecule has 0 saturated heterocycles. The first-order chi connectivity index (χ1) is 8.06. The van der Waals surface area contributed by atoms with Crippen molar-refractivity contribution < 1.29 is 4.79 Å². The minimum Gasteiger partial charge on any atom is -0.398 e. The van der Waals surface area contributed by atoms with Crippen molar-refractivity contribution in [2.24, 2.45) is 0 Å². The molecule has 1 saturated carbocycles. The summed E-state index contributed by atoms with van der Waals surface area (Å²) in [4.78, 5) is 12.1. The van der Waals surface area contributed by atoms with Gasteiger partial charge in [-0.15, -0.1) is 0 Å². The third-order valence-electron chi connectivity index (χ3n) is 3.62. The highest BCUT2D eigenvalue weighted by molar-refractivity contribution is 6.31. The molecule has 1 aliphatic carbocycles. The van der Waals surface area contributed by atoms with E-state index in [1.807, 2.05) is 0 Å². The van der Waals surface area contributed by atoms with E-state index >= 15 is 0 Å². The smallest absolute Gasteiger partial charge is 0.253 e. The molecule has 0 aromatic heterocycles. The predicted octanol–water partition coefficient (Wildman–Crippen LogP) is 2.98. The van der Waals surface area contributed by atoms with Crippen LogP contribution in [0.1, 0.15) is 43.0 Å². The lowest BCUT2D eigenvalue weighted by atomic mass is 9.74. The average Bonchev–Trinajstić information content (AvgIpc) is 2.23. The lowest BCUT2D eigenvalue weighted by Gasteiger charge is -2.42. The fraction of sp³-hybridized carbons (Fsp3) is 0.462. The summed E-state index contributed by atoms with van der Waals surface area (Å²) in [5, 5.41) is 3.64. The van der Waals surface area contributed by atoms with Crippen molar-refractivity contribution in [3.05, 3.63) is 28.8 Å². The molecule has 0 aliphatic heterocycles. The number of nitrogens with one attached hydrogen (secondary N) is 1. The van der Waals surface area contributed by atoms with E-state index < -0.39 is 0 Å². The number of nitrogens with two attached hydrogens (primary N) is 1. The maximum absolute atomic E-state index is 12.1. The minimum absolute atomic E-state index is 0.0108. The standard InChI is InChI=1S/C13H17ClN2O/c1-2-13(6-3-7-13)16-12(17)10-5-4-9(14)8-11(10)15/h4-5,8H,2-3,6-7,15H2,1H3,(H,16,17). The number of benzene rings is 1. The van der Waals surface area contributed by atoms with Gasteiger partial charge in [0.1, 0.15) is 0 Å². The number of hydrogen-bond acceptors (Lipinski definition) is 2. The topological polar surface area (TPSA) is 55.1 Å². The van der Waals surface area contributed by atoms with Gasteiger partial charge in [-0.05, 0) is 43.9 Å². The van der Waals surface area contributed by atoms with E-state index in [1.54, 1.807) is 18.2 Å². The van der Waals surface area contributed by atoms with Gasteiger partial charge in [0.25, 0.3) is 5.91 Å². The van der Waals surface area contributed by atoms with E-state index in [1.165, 1.54) is 6.42 Å². The first kappa shape index (κ1) is 12.2. The summed E-state index contributed by atoms with van der Waals surface area (Å²) < 4.78 is 0. The summed E-state index contributed by atoms with van der Waals surface area (Å²) in [5.41, 5.74) is 6.73. The molecular formula is C13H17ClN2O. The molecule has 0 atom stereocenters. The molecule has 17 heavy (non-hydrogen) atoms. The third kappa shape index (κ3) is 2.39. The van der Waals surface area contributed by atoms with Gasteiger partial charge in [-0.3, -0.25) is 4.79 Å². The maximum atomic E-state index is 12.1. The molecule has 0 bridgehead atoms. The number of amides is 1. The molecule has 3 nitrogen and oxygen atoms in total. The molecule has 1 fully saturated rings. The number of nitrogen functional groups attached to an aromatic ring is 1. The maximum Gasteiger partial charge on any atom is 0.253 e. The molecule has 0 radical (unpaired) electrons. The van der Waals surface area contributed by atoms with E-state index in [-0.39, 0.29) is 11.4 Å². The Labute approximate surface area is 106 Å². The molecule has 1 aliphatic rings. The summed E-state index contributed by atoms with van der Waals surface area (Å²) in [5.74, 6) is -0.0966. The summed E-state index contributed by atoms with van der Waals surface area (Å²) in [6, 6.07) is 4.97. The van der Waals surface area contributed by atoms with Crippen molar-refractivity contribution in [3.8, 4) is 0 Å². The van der Waals surface area contributed by atoms with Gasteiger partial charge in [0.05, 0.1) is 5.56 Å². The fourth-order valence-corrected chi connectivity index (χ4v) is 2.40. The Morgan fingerprint density at radius 2 is 2.24 bits per heavy atom. The van der Waals surface area contributed by atoms with Crippen LogP contribution >= 0.6 is 11.6 Å². The Bertz CT molecular complexity index is 436. The van der Waals surface area contributed by atoms with Crippen LogP contribution in [0, 0.1) is 0 Å². The van der Waals surface area contributed by atoms with E-state index in [0.29, 0.717) is 16.3 Å². The van der Waals surface area contributed by atoms with Crippen LogP contribution in [-0.2, 0) is 0 Å². The van der Waals surface area contributed by atoms with Crippen LogP contribution < -0.4 is 11.1 Å². The number of carbonyl (C=O) groups is 1. The molecule has 1 amide bonds. The van der Waals surface area contributed by atoms with Crippen LogP contribution in [0.2, 0.25) is 5.02 Å². The molecule has 2 rings (SSSR count). The Hall–Kier alpha value is -1.22. The molecule has 1 aromatic carbocycles. The van der Waals surface area contributed by atoms with Gasteiger partial charge in [0.15, 0.2) is 0 Å². The first-order valence-corrected chi connectivity index (χ1v) is 6.32. The molecular weight excluding hydrogens is 236 g/mol. The van der Waals surface area contributed by atoms with Gasteiger partial charge in [-0.1, -0.05) is 18.5 Å². The summed E-state index contributed by atoms with van der Waals surface area (Å²) in [7, 11) is 0. The van der Waals surface area contributed by atoms with E-state index in [4.69, 9.17) is 17.3 Å². The molecule has 1 aromatic rings. The van der Waals surface area contributed by atoms with Gasteiger partial charge in [0, 0.05) is 16.2 Å². The highest BCUT2D eigenvalue weighted by atomic mass is 35.5. The van der Waals surface area contributed by atoms with E-state index in [2.05, 4.69) is 12.2 Å². The number of carbonyl (C=O) groups excluding carboxylic acids is 1. The zero-order valence-electron chi connectivity index (χ0n) is 9.92. The molecule has 92 valence electrons. The Kier molecular flexibility index (Phi) is 3.29. The van der Waals surface area contributed by atoms with Crippen LogP contribution in [0.5, 0.6) is 0 Å². The largest absolute Gasteiger partial charge is 0.398 e. The molecule has 4 heteroatoms. The van der Waals surface area contributed by atoms with Crippen LogP contribution in [-0.4, -0.2) is 11.4 Å². The number of rotatable bonds is 3. The quantitative estimate of drug-likeness (QED) is 0.813. The highest BCUT2D eigenvalue weighted by Gasteiger charge is 2.36. The van der Waals surface area contributed by atoms with Crippen molar-refractivity contribution >= 4 is 23.2 Å². The number of hydrogen-bond donors (Lipinski definition) is 2. The van der Waals surface area contributed by atoms with Gasteiger partial charge in [0.2, 0.25) is 0 Å². The van der Waals surface area contributed by atoms with Crippen LogP contribution in [0.4, 0.5) is 5.69 Å². The van der Waals surface area contributed by atoms with Gasteiger partial charge >= 0.3 is 0 Å². The Morgan fingerprint density at radius 3 is 2.71 bits per heavy atom. The average molecular weight is 253 g/mol. The normalized spacial score (nSPS) is 17.3. The monoisotopic (exact) mass is 252 g/mol. The zero-order chi connectivity index (χ0) is 12.5. The van der Waals surface area contributed by atoms with Crippen LogP contribution in [0.15, 0.2) is 18.2 Å². The van der Waals surface area contributed by atoms with Crippen molar-refractivity contribution in [2.45, 2.75) is 38.1 Å². The van der Waals surface area contributed by atoms with Gasteiger partial charge in [-0.2, -0.15) is 0 Å². The van der Waals surface area contributed by atoms with Crippen molar-refractivity contribution in [1.29, 1.82) is 0 Å². The van der Waals surface area contributed by atoms with Crippen molar-refractivity contribution in [2.75, 3.05) is 5.73 Å². The second kappa shape index (κ2) is 4.57. The number of anilines is 1. The Balaban J connectivity index is 2.14. The predicted molar refractivity (Wildman–Crippen MR) is 70.2 cm³/mol. The van der Waals surface area contributed by atoms with Gasteiger partial charge in [-0.25, -0.2) is 0 Å². The highest BCUT2D eigenvalue weighted by Crippen LogP contribution is 2.35. The van der Waals surface area contributed by atoms with Crippen molar-refractivity contribution in [1.82, 2.24) is 5.32 Å². The SMILES string of the molecule is CCC1(NC(=O)c2ccc(Cl)cc2N)CCC1. The van der Waals surface area contributed by atoms with Gasteiger partial charge < -0.3 is 11.1 Å². The summed E-state index contributed by atoms with van der Waals surface area (Å²) >= 11 is 5.81. The zero-order valence-corrected chi connectivity index (χ0v) is 10.7. The lowest BCUT2D eigenvalue weighted by Crippen LogP contribution is -2.53. The van der Waals surface area contributed by atoms with E-state index in [0.717, 1.165) is 19.3 Å².